The molecule has 16 heavy (non-hydrogen) atoms. The number of aliphatic hydroxyl groups is 1. The van der Waals surface area contributed by atoms with Gasteiger partial charge in [-0.05, 0) is 6.42 Å². The van der Waals surface area contributed by atoms with Gasteiger partial charge in [-0.25, -0.2) is 9.52 Å². The first-order valence-electron chi connectivity index (χ1n) is 4.04. The van der Waals surface area contributed by atoms with Gasteiger partial charge in [-0.3, -0.25) is 4.79 Å². The molecule has 10 heteroatoms. The Balaban J connectivity index is 4.54. The van der Waals surface area contributed by atoms with Crippen molar-refractivity contribution in [3.05, 3.63) is 0 Å². The number of aliphatic carboxylic acids is 1. The minimum Gasteiger partial charge on any atom is -0.480 e. The maximum Gasteiger partial charge on any atom is 0.421 e. The van der Waals surface area contributed by atoms with Crippen molar-refractivity contribution in [2.45, 2.75) is 12.5 Å². The van der Waals surface area contributed by atoms with E-state index in [2.05, 4.69) is 4.74 Å². The van der Waals surface area contributed by atoms with Gasteiger partial charge in [0.1, 0.15) is 6.04 Å². The summed E-state index contributed by atoms with van der Waals surface area (Å²) in [4.78, 5) is 21.1. The Morgan fingerprint density at radius 2 is 2.00 bits per heavy atom. The number of rotatable bonds is 6. The first-order valence-corrected chi connectivity index (χ1v) is 5.52. The number of hydrogen-bond acceptors (Lipinski definition) is 6. The Kier molecular flexibility index (Phi) is 5.71. The molecule has 1 unspecified atom stereocenters. The van der Waals surface area contributed by atoms with Gasteiger partial charge in [0.05, 0.1) is 7.11 Å². The molecule has 9 nitrogen and oxygen atoms in total. The Morgan fingerprint density at radius 3 is 2.38 bits per heavy atom. The minimum absolute atomic E-state index is 0.322. The number of carboxylic acids is 1. The molecule has 0 fully saturated rings. The molecule has 0 spiro atoms. The number of carbonyl (C=O) groups is 2. The summed E-state index contributed by atoms with van der Waals surface area (Å²) in [5, 5.41) is 17.1. The number of hydrogen-bond donors (Lipinski definition) is 4. The maximum absolute atomic E-state index is 11.1. The number of carbonyl (C=O) groups excluding carboxylic acids is 1. The quantitative estimate of drug-likeness (QED) is 0.431. The van der Waals surface area contributed by atoms with Crippen LogP contribution in [0.2, 0.25) is 0 Å². The molecule has 1 amide bonds. The molecule has 0 aliphatic rings. The standard InChI is InChI=1S/C6H12N2O7S/c1-15-6(12)8-16(13,14)7-4(2-3-9)5(10)11/h4,7,9H,2-3H2,1H3,(H,8,12)(H,10,11). The summed E-state index contributed by atoms with van der Waals surface area (Å²) in [5.74, 6) is -1.47. The van der Waals surface area contributed by atoms with Crippen molar-refractivity contribution in [2.75, 3.05) is 13.7 Å². The van der Waals surface area contributed by atoms with Crippen molar-refractivity contribution in [3.63, 3.8) is 0 Å². The van der Waals surface area contributed by atoms with E-state index in [0.717, 1.165) is 7.11 Å². The maximum atomic E-state index is 11.1. The van der Waals surface area contributed by atoms with Crippen molar-refractivity contribution in [1.82, 2.24) is 9.44 Å². The Morgan fingerprint density at radius 1 is 1.44 bits per heavy atom. The van der Waals surface area contributed by atoms with Crippen LogP contribution < -0.4 is 9.44 Å². The predicted molar refractivity (Wildman–Crippen MR) is 50.7 cm³/mol. The van der Waals surface area contributed by atoms with E-state index >= 15 is 0 Å². The van der Waals surface area contributed by atoms with Crippen molar-refractivity contribution in [3.8, 4) is 0 Å². The fourth-order valence-electron chi connectivity index (χ4n) is 0.730. The predicted octanol–water partition coefficient (Wildman–Crippen LogP) is -1.99. The molecule has 1 atom stereocenters. The van der Waals surface area contributed by atoms with Crippen molar-refractivity contribution < 1.29 is 33.0 Å². The van der Waals surface area contributed by atoms with Crippen LogP contribution in [0.1, 0.15) is 6.42 Å². The second-order valence-corrected chi connectivity index (χ2v) is 4.06. The van der Waals surface area contributed by atoms with E-state index in [9.17, 15) is 18.0 Å². The second-order valence-electron chi connectivity index (χ2n) is 2.62. The third kappa shape index (κ3) is 5.48. The topological polar surface area (TPSA) is 142 Å². The molecular formula is C6H12N2O7S. The van der Waals surface area contributed by atoms with Crippen LogP contribution in [0.5, 0.6) is 0 Å². The summed E-state index contributed by atoms with van der Waals surface area (Å²) in [6.07, 6.45) is -1.57. The van der Waals surface area contributed by atoms with Crippen molar-refractivity contribution >= 4 is 22.3 Å². The summed E-state index contributed by atoms with van der Waals surface area (Å²) >= 11 is 0. The molecule has 0 aliphatic carbocycles. The molecule has 0 aromatic carbocycles. The number of aliphatic hydroxyl groups excluding tert-OH is 1. The minimum atomic E-state index is -4.33. The van der Waals surface area contributed by atoms with Gasteiger partial charge < -0.3 is 14.9 Å². The lowest BCUT2D eigenvalue weighted by molar-refractivity contribution is -0.139. The SMILES string of the molecule is COC(=O)NS(=O)(=O)NC(CCO)C(=O)O. The van der Waals surface area contributed by atoms with Gasteiger partial charge in [-0.15, -0.1) is 0 Å². The monoisotopic (exact) mass is 256 g/mol. The highest BCUT2D eigenvalue weighted by atomic mass is 32.2. The normalized spacial score (nSPS) is 12.9. The molecule has 0 saturated heterocycles. The lowest BCUT2D eigenvalue weighted by Gasteiger charge is -2.13. The Hall–Kier alpha value is -1.39. The van der Waals surface area contributed by atoms with Gasteiger partial charge >= 0.3 is 22.3 Å². The summed E-state index contributed by atoms with van der Waals surface area (Å²) in [7, 11) is -3.37. The lowest BCUT2D eigenvalue weighted by atomic mass is 10.2. The summed E-state index contributed by atoms with van der Waals surface area (Å²) < 4.78 is 29.3. The van der Waals surface area contributed by atoms with E-state index in [1.54, 1.807) is 4.72 Å². The van der Waals surface area contributed by atoms with Crippen LogP contribution in [0.15, 0.2) is 0 Å². The molecule has 0 rings (SSSR count). The van der Waals surface area contributed by atoms with Gasteiger partial charge in [0, 0.05) is 6.61 Å². The van der Waals surface area contributed by atoms with E-state index in [-0.39, 0.29) is 6.42 Å². The van der Waals surface area contributed by atoms with Crippen LogP contribution in [0.25, 0.3) is 0 Å². The highest BCUT2D eigenvalue weighted by Gasteiger charge is 2.24. The number of carboxylic acid groups (broad SMARTS) is 1. The molecular weight excluding hydrogens is 244 g/mol. The third-order valence-corrected chi connectivity index (χ3v) is 2.45. The summed E-state index contributed by atoms with van der Waals surface area (Å²) in [5.41, 5.74) is 0. The molecule has 4 N–H and O–H groups in total. The number of nitrogens with one attached hydrogen (secondary N) is 2. The first kappa shape index (κ1) is 14.6. The zero-order valence-electron chi connectivity index (χ0n) is 8.34. The van der Waals surface area contributed by atoms with Crippen molar-refractivity contribution in [1.29, 1.82) is 0 Å². The molecule has 0 radical (unpaired) electrons. The van der Waals surface area contributed by atoms with E-state index in [1.165, 1.54) is 4.72 Å². The molecule has 0 aromatic rings. The van der Waals surface area contributed by atoms with Crippen molar-refractivity contribution in [2.24, 2.45) is 0 Å². The van der Waals surface area contributed by atoms with Crippen LogP contribution >= 0.6 is 0 Å². The Labute approximate surface area is 91.6 Å². The highest BCUT2D eigenvalue weighted by Crippen LogP contribution is 1.94. The zero-order chi connectivity index (χ0) is 12.8. The van der Waals surface area contributed by atoms with Crippen LogP contribution in [0.3, 0.4) is 0 Å². The molecule has 0 saturated carbocycles. The van der Waals surface area contributed by atoms with Crippen LogP contribution in [-0.2, 0) is 19.7 Å². The molecule has 0 aliphatic heterocycles. The molecule has 0 aromatic heterocycles. The largest absolute Gasteiger partial charge is 0.480 e. The van der Waals surface area contributed by atoms with Gasteiger partial charge in [0.2, 0.25) is 0 Å². The van der Waals surface area contributed by atoms with E-state index in [1.807, 2.05) is 0 Å². The van der Waals surface area contributed by atoms with Gasteiger partial charge in [0.15, 0.2) is 0 Å². The molecule has 94 valence electrons. The van der Waals surface area contributed by atoms with Crippen LogP contribution in [-0.4, -0.2) is 50.5 Å². The second kappa shape index (κ2) is 6.25. The first-order chi connectivity index (χ1) is 7.32. The molecule has 0 heterocycles. The fraction of sp³-hybridized carbons (Fsp3) is 0.667. The van der Waals surface area contributed by atoms with Crippen LogP contribution in [0, 0.1) is 0 Å². The summed E-state index contributed by atoms with van der Waals surface area (Å²) in [6.45, 7) is -0.516. The fourth-order valence-corrected chi connectivity index (χ4v) is 1.68. The highest BCUT2D eigenvalue weighted by molar-refractivity contribution is 7.88. The van der Waals surface area contributed by atoms with Gasteiger partial charge in [-0.2, -0.15) is 13.1 Å². The average molecular weight is 256 g/mol. The van der Waals surface area contributed by atoms with Gasteiger partial charge in [0.25, 0.3) is 0 Å². The zero-order valence-corrected chi connectivity index (χ0v) is 9.15. The average Bonchev–Trinajstić information content (AvgIpc) is 2.15. The van der Waals surface area contributed by atoms with E-state index < -0.39 is 34.9 Å². The van der Waals surface area contributed by atoms with Crippen LogP contribution in [0.4, 0.5) is 4.79 Å². The van der Waals surface area contributed by atoms with E-state index in [0.29, 0.717) is 0 Å². The smallest absolute Gasteiger partial charge is 0.421 e. The number of ether oxygens (including phenoxy) is 1. The molecule has 0 bridgehead atoms. The van der Waals surface area contributed by atoms with Gasteiger partial charge in [-0.1, -0.05) is 0 Å². The Bertz CT molecular complexity index is 352. The summed E-state index contributed by atoms with van der Waals surface area (Å²) in [6, 6.07) is -1.52. The van der Waals surface area contributed by atoms with E-state index in [4.69, 9.17) is 10.2 Å². The number of amides is 1. The lowest BCUT2D eigenvalue weighted by Crippen LogP contribution is -2.48. The number of methoxy groups -OCH3 is 1. The third-order valence-electron chi connectivity index (χ3n) is 1.42.